The highest BCUT2D eigenvalue weighted by Gasteiger charge is 2.27. The number of rotatable bonds is 5. The summed E-state index contributed by atoms with van der Waals surface area (Å²) in [6.07, 6.45) is 1.42. The molecule has 0 saturated carbocycles. The lowest BCUT2D eigenvalue weighted by atomic mass is 10.0. The van der Waals surface area contributed by atoms with Crippen LogP contribution in [0.15, 0.2) is 65.6 Å². The SMILES string of the molecule is [N-]=[N+]=C1CC=c2c(S(=O)(=O)Oc3ccc(C(=O)c4ccccc4)c(O)c3O)cccc2=C1O. The van der Waals surface area contributed by atoms with Crippen molar-refractivity contribution in [2.45, 2.75) is 11.3 Å². The van der Waals surface area contributed by atoms with Crippen LogP contribution in [0.25, 0.3) is 17.4 Å². The van der Waals surface area contributed by atoms with Crippen molar-refractivity contribution >= 4 is 33.4 Å². The Kier molecular flexibility index (Phi) is 5.47. The number of ketones is 1. The Hall–Kier alpha value is -4.40. The van der Waals surface area contributed by atoms with Crippen molar-refractivity contribution in [1.29, 1.82) is 0 Å². The lowest BCUT2D eigenvalue weighted by molar-refractivity contribution is -0.00634. The lowest BCUT2D eigenvalue weighted by Gasteiger charge is -2.13. The zero-order chi connectivity index (χ0) is 23.8. The summed E-state index contributed by atoms with van der Waals surface area (Å²) in [4.78, 5) is 15.3. The van der Waals surface area contributed by atoms with Crippen molar-refractivity contribution in [1.82, 2.24) is 0 Å². The molecule has 0 spiro atoms. The standard InChI is InChI=1S/C23H16N2O7S/c24-25-17-11-9-14-15(21(17)27)7-4-8-19(14)33(30,31)32-18-12-10-16(22(28)23(18)29)20(26)13-5-2-1-3-6-13/h1-10,12,27-29H,11H2. The summed E-state index contributed by atoms with van der Waals surface area (Å²) < 4.78 is 31.0. The van der Waals surface area contributed by atoms with Crippen molar-refractivity contribution in [3.8, 4) is 17.2 Å². The molecule has 0 atom stereocenters. The van der Waals surface area contributed by atoms with Gasteiger partial charge >= 0.3 is 15.8 Å². The van der Waals surface area contributed by atoms with Gasteiger partial charge in [0.15, 0.2) is 17.3 Å². The fourth-order valence-electron chi connectivity index (χ4n) is 3.44. The second-order valence-electron chi connectivity index (χ2n) is 7.06. The molecule has 0 aliphatic heterocycles. The molecule has 3 N–H and O–H groups in total. The third-order valence-electron chi connectivity index (χ3n) is 5.08. The van der Waals surface area contributed by atoms with Crippen LogP contribution in [-0.2, 0) is 10.1 Å². The number of hydrogen-bond acceptors (Lipinski definition) is 7. The van der Waals surface area contributed by atoms with Gasteiger partial charge in [-0.05, 0) is 18.2 Å². The molecule has 0 aromatic heterocycles. The van der Waals surface area contributed by atoms with E-state index >= 15 is 0 Å². The molecular weight excluding hydrogens is 448 g/mol. The quantitative estimate of drug-likeness (QED) is 0.170. The van der Waals surface area contributed by atoms with Gasteiger partial charge in [-0.2, -0.15) is 13.2 Å². The van der Waals surface area contributed by atoms with Crippen LogP contribution in [0.4, 0.5) is 0 Å². The molecule has 0 heterocycles. The Morgan fingerprint density at radius 3 is 2.36 bits per heavy atom. The van der Waals surface area contributed by atoms with E-state index < -0.39 is 33.1 Å². The number of fused-ring (bicyclic) bond motifs is 1. The summed E-state index contributed by atoms with van der Waals surface area (Å²) in [6, 6.07) is 14.3. The predicted molar refractivity (Wildman–Crippen MR) is 117 cm³/mol. The lowest BCUT2D eigenvalue weighted by Crippen LogP contribution is -2.37. The first-order valence-corrected chi connectivity index (χ1v) is 11.0. The number of benzene rings is 3. The molecule has 0 saturated heterocycles. The predicted octanol–water partition coefficient (Wildman–Crippen LogP) is 1.62. The summed E-state index contributed by atoms with van der Waals surface area (Å²) in [5.74, 6) is -3.28. The summed E-state index contributed by atoms with van der Waals surface area (Å²) in [5.41, 5.74) is 8.98. The average Bonchev–Trinajstić information content (AvgIpc) is 2.82. The summed E-state index contributed by atoms with van der Waals surface area (Å²) in [7, 11) is -4.54. The largest absolute Gasteiger partial charge is 0.504 e. The van der Waals surface area contributed by atoms with Crippen molar-refractivity contribution in [2.75, 3.05) is 0 Å². The van der Waals surface area contributed by atoms with Crippen LogP contribution in [0.1, 0.15) is 22.3 Å². The normalized spacial score (nSPS) is 13.0. The molecule has 4 rings (SSSR count). The van der Waals surface area contributed by atoms with Gasteiger partial charge < -0.3 is 25.0 Å². The number of aliphatic hydroxyl groups is 1. The smallest absolute Gasteiger partial charge is 0.339 e. The minimum Gasteiger partial charge on any atom is -0.504 e. The first-order valence-electron chi connectivity index (χ1n) is 9.57. The van der Waals surface area contributed by atoms with Crippen LogP contribution in [0.2, 0.25) is 0 Å². The summed E-state index contributed by atoms with van der Waals surface area (Å²) in [6.45, 7) is 0. The molecule has 0 amide bonds. The molecule has 0 fully saturated rings. The van der Waals surface area contributed by atoms with Crippen LogP contribution in [0.3, 0.4) is 0 Å². The molecule has 0 bridgehead atoms. The van der Waals surface area contributed by atoms with E-state index in [1.54, 1.807) is 18.2 Å². The summed E-state index contributed by atoms with van der Waals surface area (Å²) in [5, 5.41) is 31.2. The van der Waals surface area contributed by atoms with E-state index in [9.17, 15) is 28.5 Å². The fraction of sp³-hybridized carbons (Fsp3) is 0.0435. The highest BCUT2D eigenvalue weighted by Crippen LogP contribution is 2.40. The number of nitrogens with zero attached hydrogens (tertiary/aromatic N) is 2. The fourth-order valence-corrected chi connectivity index (χ4v) is 4.61. The first-order chi connectivity index (χ1) is 15.7. The molecular formula is C23H16N2O7S. The van der Waals surface area contributed by atoms with Gasteiger partial charge in [0.25, 0.3) is 0 Å². The van der Waals surface area contributed by atoms with Crippen LogP contribution in [0.5, 0.6) is 17.2 Å². The van der Waals surface area contributed by atoms with E-state index in [2.05, 4.69) is 4.79 Å². The van der Waals surface area contributed by atoms with E-state index in [1.807, 2.05) is 0 Å². The maximum absolute atomic E-state index is 13.0. The average molecular weight is 464 g/mol. The Bertz CT molecular complexity index is 1570. The molecule has 9 nitrogen and oxygen atoms in total. The highest BCUT2D eigenvalue weighted by atomic mass is 32.2. The Balaban J connectivity index is 1.75. The number of aliphatic hydroxyl groups excluding tert-OH is 1. The van der Waals surface area contributed by atoms with Gasteiger partial charge in [0.2, 0.25) is 11.5 Å². The number of phenolic OH excluding ortho intramolecular Hbond substituents is 2. The third-order valence-corrected chi connectivity index (χ3v) is 6.37. The number of carbonyl (C=O) groups excluding carboxylic acids is 1. The zero-order valence-corrected chi connectivity index (χ0v) is 17.7. The van der Waals surface area contributed by atoms with E-state index in [0.717, 1.165) is 12.1 Å². The zero-order valence-electron chi connectivity index (χ0n) is 16.8. The number of hydrogen-bond donors (Lipinski definition) is 3. The van der Waals surface area contributed by atoms with Crippen molar-refractivity contribution in [2.24, 2.45) is 0 Å². The molecule has 1 aliphatic rings. The maximum atomic E-state index is 13.0. The number of carbonyl (C=O) groups is 1. The van der Waals surface area contributed by atoms with Gasteiger partial charge in [-0.1, -0.05) is 48.5 Å². The number of aromatic hydroxyl groups is 2. The maximum Gasteiger partial charge on any atom is 0.339 e. The molecule has 3 aromatic carbocycles. The minimum atomic E-state index is -4.54. The van der Waals surface area contributed by atoms with Crippen LogP contribution >= 0.6 is 0 Å². The van der Waals surface area contributed by atoms with Gasteiger partial charge in [0.1, 0.15) is 4.90 Å². The van der Waals surface area contributed by atoms with Crippen LogP contribution in [-0.4, -0.2) is 40.0 Å². The first kappa shape index (κ1) is 21.8. The van der Waals surface area contributed by atoms with Gasteiger partial charge in [0, 0.05) is 16.0 Å². The van der Waals surface area contributed by atoms with Gasteiger partial charge in [-0.15, -0.1) is 0 Å². The molecule has 0 unspecified atom stereocenters. The van der Waals surface area contributed by atoms with E-state index in [1.165, 1.54) is 36.4 Å². The highest BCUT2D eigenvalue weighted by molar-refractivity contribution is 7.87. The molecule has 166 valence electrons. The molecule has 0 radical (unpaired) electrons. The van der Waals surface area contributed by atoms with Crippen molar-refractivity contribution in [3.05, 3.63) is 87.8 Å². The Morgan fingerprint density at radius 2 is 1.67 bits per heavy atom. The molecule has 3 aromatic rings. The van der Waals surface area contributed by atoms with Gasteiger partial charge in [0.05, 0.1) is 12.0 Å². The Morgan fingerprint density at radius 1 is 0.939 bits per heavy atom. The topological polar surface area (TPSA) is 158 Å². The van der Waals surface area contributed by atoms with Gasteiger partial charge in [-0.3, -0.25) is 4.79 Å². The van der Waals surface area contributed by atoms with Crippen LogP contribution < -0.4 is 14.6 Å². The Labute approximate surface area is 187 Å². The van der Waals surface area contributed by atoms with Crippen LogP contribution in [0, 0.1) is 0 Å². The molecule has 10 heteroatoms. The second-order valence-corrected chi connectivity index (χ2v) is 8.58. The minimum absolute atomic E-state index is 0.0236. The van der Waals surface area contributed by atoms with E-state index in [4.69, 9.17) is 9.71 Å². The monoisotopic (exact) mass is 464 g/mol. The third kappa shape index (κ3) is 3.84. The van der Waals surface area contributed by atoms with Crippen molar-refractivity contribution in [3.63, 3.8) is 0 Å². The molecule has 1 aliphatic carbocycles. The second kappa shape index (κ2) is 8.27. The van der Waals surface area contributed by atoms with E-state index in [0.29, 0.717) is 0 Å². The summed E-state index contributed by atoms with van der Waals surface area (Å²) >= 11 is 0. The van der Waals surface area contributed by atoms with Gasteiger partial charge in [-0.25, -0.2) is 0 Å². The van der Waals surface area contributed by atoms with E-state index in [-0.39, 0.29) is 44.4 Å². The van der Waals surface area contributed by atoms with Crippen molar-refractivity contribution < 1.29 is 37.5 Å². The number of phenols is 2. The molecule has 33 heavy (non-hydrogen) atoms.